The highest BCUT2D eigenvalue weighted by Gasteiger charge is 2.23. The van der Waals surface area contributed by atoms with E-state index in [0.29, 0.717) is 17.6 Å². The van der Waals surface area contributed by atoms with E-state index in [-0.39, 0.29) is 5.91 Å². The first-order valence-electron chi connectivity index (χ1n) is 11.0. The lowest BCUT2D eigenvalue weighted by Crippen LogP contribution is -2.38. The standard InChI is InChI=1S/C26H27N5O/c1-18-22(11-8-19-9-13-25(27)30-16-19)23(14-15-28-18)20-10-12-24(29-17-20)26(32)31(2)21-6-4-3-5-7-21/h9-10,12-17,21H,3-7H2,1-2H3,(H2,27,30). The van der Waals surface area contributed by atoms with E-state index in [0.717, 1.165) is 40.8 Å². The summed E-state index contributed by atoms with van der Waals surface area (Å²) in [5.41, 5.74) is 10.4. The molecular formula is C26H27N5O. The maximum absolute atomic E-state index is 12.9. The monoisotopic (exact) mass is 425 g/mol. The third-order valence-corrected chi connectivity index (χ3v) is 6.00. The SMILES string of the molecule is Cc1nccc(-c2ccc(C(=O)N(C)C3CCCCC3)nc2)c1C#Cc1ccc(N)nc1. The van der Waals surface area contributed by atoms with Crippen LogP contribution in [0.1, 0.15) is 59.4 Å². The molecule has 0 aliphatic heterocycles. The minimum atomic E-state index is -0.0229. The molecule has 1 amide bonds. The lowest BCUT2D eigenvalue weighted by atomic mass is 9.94. The van der Waals surface area contributed by atoms with Crippen LogP contribution in [0.15, 0.2) is 48.9 Å². The van der Waals surface area contributed by atoms with Crippen molar-refractivity contribution in [3.05, 3.63) is 71.4 Å². The third-order valence-electron chi connectivity index (χ3n) is 6.00. The van der Waals surface area contributed by atoms with Gasteiger partial charge >= 0.3 is 0 Å². The molecule has 1 saturated carbocycles. The highest BCUT2D eigenvalue weighted by atomic mass is 16.2. The van der Waals surface area contributed by atoms with E-state index in [1.54, 1.807) is 30.7 Å². The largest absolute Gasteiger partial charge is 0.384 e. The van der Waals surface area contributed by atoms with Gasteiger partial charge in [-0.2, -0.15) is 0 Å². The van der Waals surface area contributed by atoms with E-state index in [4.69, 9.17) is 5.73 Å². The van der Waals surface area contributed by atoms with Gasteiger partial charge < -0.3 is 10.6 Å². The van der Waals surface area contributed by atoms with Crippen LogP contribution >= 0.6 is 0 Å². The Labute approximate surface area is 188 Å². The second kappa shape index (κ2) is 9.61. The molecule has 2 N–H and O–H groups in total. The van der Waals surface area contributed by atoms with Gasteiger partial charge in [0, 0.05) is 48.4 Å². The number of aromatic nitrogens is 3. The van der Waals surface area contributed by atoms with E-state index in [9.17, 15) is 4.79 Å². The number of hydrogen-bond acceptors (Lipinski definition) is 5. The minimum absolute atomic E-state index is 0.0229. The van der Waals surface area contributed by atoms with Crippen LogP contribution < -0.4 is 5.73 Å². The van der Waals surface area contributed by atoms with Crippen molar-refractivity contribution in [3.8, 4) is 23.0 Å². The molecule has 0 radical (unpaired) electrons. The maximum Gasteiger partial charge on any atom is 0.272 e. The number of aryl methyl sites for hydroxylation is 1. The smallest absolute Gasteiger partial charge is 0.272 e. The average molecular weight is 426 g/mol. The Bertz CT molecular complexity index is 1150. The zero-order valence-electron chi connectivity index (χ0n) is 18.5. The molecule has 0 atom stereocenters. The van der Waals surface area contributed by atoms with Crippen LogP contribution in [0.5, 0.6) is 0 Å². The van der Waals surface area contributed by atoms with Crippen LogP contribution in [0.3, 0.4) is 0 Å². The van der Waals surface area contributed by atoms with Gasteiger partial charge in [0.1, 0.15) is 11.5 Å². The van der Waals surface area contributed by atoms with Crippen molar-refractivity contribution >= 4 is 11.7 Å². The van der Waals surface area contributed by atoms with Gasteiger partial charge in [-0.3, -0.25) is 14.8 Å². The second-order valence-corrected chi connectivity index (χ2v) is 8.18. The molecule has 6 heteroatoms. The Kier molecular flexibility index (Phi) is 6.46. The molecule has 0 aromatic carbocycles. The Balaban J connectivity index is 1.59. The summed E-state index contributed by atoms with van der Waals surface area (Å²) in [5, 5.41) is 0. The number of hydrogen-bond donors (Lipinski definition) is 1. The van der Waals surface area contributed by atoms with Gasteiger partial charge in [-0.1, -0.05) is 37.2 Å². The van der Waals surface area contributed by atoms with Crippen LogP contribution in [-0.4, -0.2) is 38.8 Å². The highest BCUT2D eigenvalue weighted by Crippen LogP contribution is 2.26. The summed E-state index contributed by atoms with van der Waals surface area (Å²) in [7, 11) is 1.89. The summed E-state index contributed by atoms with van der Waals surface area (Å²) < 4.78 is 0. The molecule has 32 heavy (non-hydrogen) atoms. The van der Waals surface area contributed by atoms with E-state index in [1.807, 2.05) is 37.1 Å². The van der Waals surface area contributed by atoms with Crippen molar-refractivity contribution in [2.75, 3.05) is 12.8 Å². The molecule has 0 spiro atoms. The van der Waals surface area contributed by atoms with E-state index in [2.05, 4.69) is 26.8 Å². The molecular weight excluding hydrogens is 398 g/mol. The average Bonchev–Trinajstić information content (AvgIpc) is 2.84. The van der Waals surface area contributed by atoms with Gasteiger partial charge in [0.15, 0.2) is 0 Å². The number of rotatable bonds is 3. The fraction of sp³-hybridized carbons (Fsp3) is 0.308. The molecule has 0 bridgehead atoms. The molecule has 4 rings (SSSR count). The second-order valence-electron chi connectivity index (χ2n) is 8.18. The van der Waals surface area contributed by atoms with E-state index in [1.165, 1.54) is 19.3 Å². The predicted octanol–water partition coefficient (Wildman–Crippen LogP) is 4.23. The lowest BCUT2D eigenvalue weighted by Gasteiger charge is -2.31. The number of pyridine rings is 3. The summed E-state index contributed by atoms with van der Waals surface area (Å²) in [4.78, 5) is 27.7. The topological polar surface area (TPSA) is 85.0 Å². The molecule has 3 aromatic heterocycles. The molecule has 1 fully saturated rings. The number of anilines is 1. The van der Waals surface area contributed by atoms with Gasteiger partial charge in [0.25, 0.3) is 5.91 Å². The first kappa shape index (κ1) is 21.5. The van der Waals surface area contributed by atoms with Crippen molar-refractivity contribution in [1.29, 1.82) is 0 Å². The van der Waals surface area contributed by atoms with Crippen molar-refractivity contribution in [3.63, 3.8) is 0 Å². The third kappa shape index (κ3) is 4.78. The minimum Gasteiger partial charge on any atom is -0.384 e. The molecule has 3 heterocycles. The Morgan fingerprint density at radius 3 is 2.50 bits per heavy atom. The number of amides is 1. The van der Waals surface area contributed by atoms with Crippen LogP contribution in [0, 0.1) is 18.8 Å². The molecule has 162 valence electrons. The quantitative estimate of drug-likeness (QED) is 0.635. The van der Waals surface area contributed by atoms with Crippen molar-refractivity contribution in [1.82, 2.24) is 19.9 Å². The Morgan fingerprint density at radius 2 is 1.81 bits per heavy atom. The van der Waals surface area contributed by atoms with Crippen LogP contribution in [0.4, 0.5) is 5.82 Å². The summed E-state index contributed by atoms with van der Waals surface area (Å²) in [6.07, 6.45) is 10.9. The van der Waals surface area contributed by atoms with Crippen LogP contribution in [-0.2, 0) is 0 Å². The number of carbonyl (C=O) groups is 1. The highest BCUT2D eigenvalue weighted by molar-refractivity contribution is 5.92. The zero-order valence-corrected chi connectivity index (χ0v) is 18.5. The summed E-state index contributed by atoms with van der Waals surface area (Å²) >= 11 is 0. The zero-order chi connectivity index (χ0) is 22.5. The molecule has 3 aromatic rings. The van der Waals surface area contributed by atoms with E-state index < -0.39 is 0 Å². The number of carbonyl (C=O) groups excluding carboxylic acids is 1. The molecule has 0 saturated heterocycles. The van der Waals surface area contributed by atoms with Crippen molar-refractivity contribution in [2.45, 2.75) is 45.1 Å². The Morgan fingerprint density at radius 1 is 1.00 bits per heavy atom. The first-order chi connectivity index (χ1) is 15.5. The molecule has 6 nitrogen and oxygen atoms in total. The normalized spacial score (nSPS) is 13.8. The predicted molar refractivity (Wildman–Crippen MR) is 126 cm³/mol. The van der Waals surface area contributed by atoms with Crippen LogP contribution in [0.2, 0.25) is 0 Å². The fourth-order valence-electron chi connectivity index (χ4n) is 4.07. The summed E-state index contributed by atoms with van der Waals surface area (Å²) in [6.45, 7) is 1.93. The first-order valence-corrected chi connectivity index (χ1v) is 11.0. The number of nitrogen functional groups attached to an aromatic ring is 1. The van der Waals surface area contributed by atoms with Crippen molar-refractivity contribution in [2.24, 2.45) is 0 Å². The number of nitrogens with zero attached hydrogens (tertiary/aromatic N) is 4. The lowest BCUT2D eigenvalue weighted by molar-refractivity contribution is 0.0690. The van der Waals surface area contributed by atoms with Gasteiger partial charge in [0.2, 0.25) is 0 Å². The molecule has 0 unspecified atom stereocenters. The Hall–Kier alpha value is -3.72. The summed E-state index contributed by atoms with van der Waals surface area (Å²) in [6, 6.07) is 9.53. The van der Waals surface area contributed by atoms with Gasteiger partial charge in [-0.25, -0.2) is 4.98 Å². The molecule has 1 aliphatic carbocycles. The van der Waals surface area contributed by atoms with Crippen molar-refractivity contribution < 1.29 is 4.79 Å². The van der Waals surface area contributed by atoms with Gasteiger partial charge in [-0.15, -0.1) is 0 Å². The summed E-state index contributed by atoms with van der Waals surface area (Å²) in [5.74, 6) is 6.79. The van der Waals surface area contributed by atoms with Gasteiger partial charge in [-0.05, 0) is 44.0 Å². The van der Waals surface area contributed by atoms with Crippen LogP contribution in [0.25, 0.3) is 11.1 Å². The number of nitrogens with two attached hydrogens (primary N) is 1. The van der Waals surface area contributed by atoms with Gasteiger partial charge in [0.05, 0.1) is 11.3 Å². The fourth-order valence-corrected chi connectivity index (χ4v) is 4.07. The molecule has 1 aliphatic rings. The maximum atomic E-state index is 12.9. The van der Waals surface area contributed by atoms with E-state index >= 15 is 0 Å².